The molecule has 0 aliphatic heterocycles. The molecule has 0 aliphatic rings. The van der Waals surface area contributed by atoms with Crippen molar-refractivity contribution < 1.29 is 14.4 Å². The number of anilines is 2. The molecule has 0 aromatic heterocycles. The van der Waals surface area contributed by atoms with E-state index >= 15 is 0 Å². The van der Waals surface area contributed by atoms with Gasteiger partial charge in [-0.3, -0.25) is 4.90 Å². The summed E-state index contributed by atoms with van der Waals surface area (Å²) in [4.78, 5) is 41.1. The molecule has 0 radical (unpaired) electrons. The first-order valence-corrected chi connectivity index (χ1v) is 6.12. The molecule has 2 rings (SSSR count). The van der Waals surface area contributed by atoms with E-state index in [4.69, 9.17) is 5.73 Å². The molecule has 0 fully saturated rings. The van der Waals surface area contributed by atoms with Gasteiger partial charge in [0.25, 0.3) is 0 Å². The summed E-state index contributed by atoms with van der Waals surface area (Å²) in [5.41, 5.74) is 6.40. The number of carbonyl (C=O) groups is 1. The van der Waals surface area contributed by atoms with Gasteiger partial charge in [0.2, 0.25) is 12.2 Å². The zero-order chi connectivity index (χ0) is 15.9. The molecule has 22 heavy (non-hydrogen) atoms. The van der Waals surface area contributed by atoms with E-state index in [-0.39, 0.29) is 22.7 Å². The van der Waals surface area contributed by atoms with Crippen molar-refractivity contribution in [2.45, 2.75) is 0 Å². The molecule has 0 spiro atoms. The van der Waals surface area contributed by atoms with Crippen molar-refractivity contribution in [3.63, 3.8) is 0 Å². The number of rotatable bonds is 4. The number of hydrogen-bond acceptors (Lipinski definition) is 5. The Balaban J connectivity index is 2.70. The van der Waals surface area contributed by atoms with Crippen LogP contribution in [0.15, 0.2) is 58.5 Å². The maximum absolute atomic E-state index is 11.9. The molecule has 7 nitrogen and oxygen atoms in total. The fourth-order valence-electron chi connectivity index (χ4n) is 1.96. The second-order valence-corrected chi connectivity index (χ2v) is 4.06. The number of isocyanates is 2. The van der Waals surface area contributed by atoms with Crippen LogP contribution in [-0.4, -0.2) is 18.2 Å². The fourth-order valence-corrected chi connectivity index (χ4v) is 1.96. The van der Waals surface area contributed by atoms with E-state index in [1.54, 1.807) is 36.4 Å². The number of amides is 2. The Labute approximate surface area is 125 Å². The Morgan fingerprint density at radius 1 is 0.864 bits per heavy atom. The molecule has 0 bridgehead atoms. The highest BCUT2D eigenvalue weighted by Gasteiger charge is 2.20. The number of carbonyl (C=O) groups excluding carboxylic acids is 3. The molecular weight excluding hydrogens is 284 g/mol. The van der Waals surface area contributed by atoms with Crippen LogP contribution in [-0.2, 0) is 9.59 Å². The summed E-state index contributed by atoms with van der Waals surface area (Å²) in [6, 6.07) is 12.0. The van der Waals surface area contributed by atoms with Crippen molar-refractivity contribution in [3.05, 3.63) is 48.5 Å². The molecule has 2 N–H and O–H groups in total. The Morgan fingerprint density at radius 3 is 1.64 bits per heavy atom. The monoisotopic (exact) mass is 294 g/mol. The van der Waals surface area contributed by atoms with Crippen molar-refractivity contribution in [3.8, 4) is 0 Å². The van der Waals surface area contributed by atoms with Crippen LogP contribution in [0.5, 0.6) is 0 Å². The number of primary amides is 1. The number of nitrogens with zero attached hydrogens (tertiary/aromatic N) is 3. The molecule has 7 heteroatoms. The third kappa shape index (κ3) is 2.96. The number of nitrogens with two attached hydrogens (primary N) is 1. The number of para-hydroxylation sites is 4. The third-order valence-electron chi connectivity index (χ3n) is 2.80. The molecule has 0 aliphatic carbocycles. The lowest BCUT2D eigenvalue weighted by Crippen LogP contribution is -2.31. The second-order valence-electron chi connectivity index (χ2n) is 4.06. The average Bonchev–Trinajstić information content (AvgIpc) is 2.51. The van der Waals surface area contributed by atoms with Gasteiger partial charge in [0.1, 0.15) is 11.4 Å². The van der Waals surface area contributed by atoms with Gasteiger partial charge in [-0.25, -0.2) is 14.4 Å². The van der Waals surface area contributed by atoms with Crippen LogP contribution in [0.4, 0.5) is 27.5 Å². The van der Waals surface area contributed by atoms with Gasteiger partial charge in [-0.05, 0) is 24.3 Å². The lowest BCUT2D eigenvalue weighted by Gasteiger charge is -2.22. The van der Waals surface area contributed by atoms with Crippen molar-refractivity contribution in [1.29, 1.82) is 0 Å². The first-order valence-electron chi connectivity index (χ1n) is 6.12. The summed E-state index contributed by atoms with van der Waals surface area (Å²) >= 11 is 0. The Hall–Kier alpha value is -3.53. The van der Waals surface area contributed by atoms with Crippen LogP contribution in [0.3, 0.4) is 0 Å². The highest BCUT2D eigenvalue weighted by molar-refractivity contribution is 6.03. The minimum absolute atomic E-state index is 0.209. The van der Waals surface area contributed by atoms with E-state index < -0.39 is 6.03 Å². The fraction of sp³-hybridized carbons (Fsp3) is 0. The average molecular weight is 294 g/mol. The van der Waals surface area contributed by atoms with Gasteiger partial charge in [-0.1, -0.05) is 24.3 Å². The Morgan fingerprint density at radius 2 is 1.27 bits per heavy atom. The van der Waals surface area contributed by atoms with Crippen molar-refractivity contribution in [2.75, 3.05) is 4.90 Å². The number of benzene rings is 2. The summed E-state index contributed by atoms with van der Waals surface area (Å²) in [5, 5.41) is 0. The maximum Gasteiger partial charge on any atom is 0.324 e. The summed E-state index contributed by atoms with van der Waals surface area (Å²) < 4.78 is 0. The smallest absolute Gasteiger partial charge is 0.324 e. The molecule has 0 heterocycles. The molecule has 2 amide bonds. The predicted octanol–water partition coefficient (Wildman–Crippen LogP) is 2.84. The van der Waals surface area contributed by atoms with E-state index in [2.05, 4.69) is 9.98 Å². The maximum atomic E-state index is 11.9. The quantitative estimate of drug-likeness (QED) is 0.692. The van der Waals surface area contributed by atoms with E-state index in [9.17, 15) is 14.4 Å². The minimum atomic E-state index is -0.818. The van der Waals surface area contributed by atoms with Gasteiger partial charge >= 0.3 is 6.03 Å². The van der Waals surface area contributed by atoms with Gasteiger partial charge in [0.15, 0.2) is 0 Å². The Kier molecular flexibility index (Phi) is 4.57. The number of urea groups is 1. The highest BCUT2D eigenvalue weighted by atomic mass is 16.2. The zero-order valence-electron chi connectivity index (χ0n) is 11.3. The van der Waals surface area contributed by atoms with Crippen LogP contribution in [0.1, 0.15) is 0 Å². The van der Waals surface area contributed by atoms with Gasteiger partial charge in [0.05, 0.1) is 11.4 Å². The van der Waals surface area contributed by atoms with Crippen LogP contribution < -0.4 is 10.6 Å². The largest absolute Gasteiger partial charge is 0.351 e. The standard InChI is InChI=1S/C15H10N4O3/c16-15(22)19(13-7-3-1-5-11(13)17-9-20)14-8-4-2-6-12(14)18-10-21/h1-8H,(H2,16,22). The van der Waals surface area contributed by atoms with E-state index in [0.29, 0.717) is 0 Å². The third-order valence-corrected chi connectivity index (χ3v) is 2.80. The molecule has 0 atom stereocenters. The topological polar surface area (TPSA) is 105 Å². The molecular formula is C15H10N4O3. The molecule has 108 valence electrons. The van der Waals surface area contributed by atoms with E-state index in [1.165, 1.54) is 24.3 Å². The Bertz CT molecular complexity index is 744. The van der Waals surface area contributed by atoms with Crippen LogP contribution in [0, 0.1) is 0 Å². The van der Waals surface area contributed by atoms with Gasteiger partial charge in [0, 0.05) is 0 Å². The lowest BCUT2D eigenvalue weighted by atomic mass is 10.2. The van der Waals surface area contributed by atoms with Crippen LogP contribution >= 0.6 is 0 Å². The molecule has 0 unspecified atom stereocenters. The van der Waals surface area contributed by atoms with E-state index in [0.717, 1.165) is 4.90 Å². The summed E-state index contributed by atoms with van der Waals surface area (Å²) in [6.45, 7) is 0. The molecule has 2 aromatic carbocycles. The molecule has 2 aromatic rings. The molecule has 0 saturated carbocycles. The highest BCUT2D eigenvalue weighted by Crippen LogP contribution is 2.38. The first-order chi connectivity index (χ1) is 10.7. The van der Waals surface area contributed by atoms with Crippen molar-refractivity contribution in [2.24, 2.45) is 15.7 Å². The number of aliphatic imine (C=N–C) groups is 2. The summed E-state index contributed by atoms with van der Waals surface area (Å²) in [5.74, 6) is 0. The summed E-state index contributed by atoms with van der Waals surface area (Å²) in [6.07, 6.45) is 2.84. The van der Waals surface area contributed by atoms with Crippen molar-refractivity contribution in [1.82, 2.24) is 0 Å². The van der Waals surface area contributed by atoms with Crippen LogP contribution in [0.2, 0.25) is 0 Å². The van der Waals surface area contributed by atoms with Gasteiger partial charge < -0.3 is 5.73 Å². The van der Waals surface area contributed by atoms with E-state index in [1.807, 2.05) is 0 Å². The zero-order valence-corrected chi connectivity index (χ0v) is 11.3. The SMILES string of the molecule is NC(=O)N(c1ccccc1N=C=O)c1ccccc1N=C=O. The minimum Gasteiger partial charge on any atom is -0.351 e. The first kappa shape index (κ1) is 14.9. The predicted molar refractivity (Wildman–Crippen MR) is 80.2 cm³/mol. The van der Waals surface area contributed by atoms with Crippen molar-refractivity contribution >= 4 is 40.9 Å². The molecule has 0 saturated heterocycles. The van der Waals surface area contributed by atoms with Crippen LogP contribution in [0.25, 0.3) is 0 Å². The summed E-state index contributed by atoms with van der Waals surface area (Å²) in [7, 11) is 0. The van der Waals surface area contributed by atoms with Gasteiger partial charge in [-0.2, -0.15) is 9.98 Å². The second kappa shape index (κ2) is 6.76. The lowest BCUT2D eigenvalue weighted by molar-refractivity contribution is 0.256. The number of hydrogen-bond donors (Lipinski definition) is 1. The normalized spacial score (nSPS) is 9.27. The van der Waals surface area contributed by atoms with Gasteiger partial charge in [-0.15, -0.1) is 0 Å².